The van der Waals surface area contributed by atoms with Gasteiger partial charge < -0.3 is 4.43 Å². The van der Waals surface area contributed by atoms with E-state index in [4.69, 9.17) is 4.43 Å². The number of hydrogen-bond acceptors (Lipinski definition) is 6. The molecule has 0 atom stereocenters. The monoisotopic (exact) mass is 304 g/mol. The Labute approximate surface area is 113 Å². The number of tetrazole rings is 1. The molecule has 0 aliphatic heterocycles. The Balaban J connectivity index is 2.69. The smallest absolute Gasteiger partial charge is 0.314 e. The summed E-state index contributed by atoms with van der Waals surface area (Å²) in [5.74, 6) is -0.265. The van der Waals surface area contributed by atoms with Gasteiger partial charge in [0.05, 0.1) is 0 Å². The van der Waals surface area contributed by atoms with Crippen LogP contribution in [0.2, 0.25) is 39.3 Å². The van der Waals surface area contributed by atoms with Crippen molar-refractivity contribution in [2.24, 2.45) is 0 Å². The zero-order valence-electron chi connectivity index (χ0n) is 11.7. The molecule has 0 amide bonds. The summed E-state index contributed by atoms with van der Waals surface area (Å²) in [5, 5.41) is 12.1. The van der Waals surface area contributed by atoms with Crippen LogP contribution in [0, 0.1) is 0 Å². The Kier molecular flexibility index (Phi) is 4.73. The lowest BCUT2D eigenvalue weighted by Gasteiger charge is -2.18. The van der Waals surface area contributed by atoms with Gasteiger partial charge in [-0.05, 0) is 30.1 Å². The van der Waals surface area contributed by atoms with Gasteiger partial charge in [-0.1, -0.05) is 19.6 Å². The van der Waals surface area contributed by atoms with Gasteiger partial charge in [-0.3, -0.25) is 4.79 Å². The van der Waals surface area contributed by atoms with E-state index in [0.717, 1.165) is 0 Å². The molecule has 1 aromatic heterocycles. The van der Waals surface area contributed by atoms with Gasteiger partial charge in [-0.25, -0.2) is 4.68 Å². The van der Waals surface area contributed by atoms with Crippen molar-refractivity contribution in [2.75, 3.05) is 0 Å². The van der Waals surface area contributed by atoms with Gasteiger partial charge >= 0.3 is 5.97 Å². The molecule has 18 heavy (non-hydrogen) atoms. The van der Waals surface area contributed by atoms with Crippen LogP contribution >= 0.6 is 11.2 Å². The van der Waals surface area contributed by atoms with Crippen LogP contribution in [0.3, 0.4) is 0 Å². The zero-order valence-corrected chi connectivity index (χ0v) is 14.5. The van der Waals surface area contributed by atoms with Gasteiger partial charge in [0.25, 0.3) is 0 Å². The molecule has 0 bridgehead atoms. The normalized spacial score (nSPS) is 12.6. The van der Waals surface area contributed by atoms with E-state index in [1.54, 1.807) is 11.2 Å². The van der Waals surface area contributed by atoms with Crippen LogP contribution < -0.4 is 0 Å². The van der Waals surface area contributed by atoms with Crippen molar-refractivity contribution in [3.63, 3.8) is 0 Å². The van der Waals surface area contributed by atoms with E-state index >= 15 is 0 Å². The molecule has 0 spiro atoms. The minimum atomic E-state index is -1.85. The molecule has 6 nitrogen and oxygen atoms in total. The van der Waals surface area contributed by atoms with E-state index in [9.17, 15) is 4.79 Å². The molecule has 0 saturated heterocycles. The van der Waals surface area contributed by atoms with E-state index in [-0.39, 0.29) is 12.5 Å². The largest absolute Gasteiger partial charge is 0.519 e. The molecule has 0 unspecified atom stereocenters. The predicted octanol–water partition coefficient (Wildman–Crippen LogP) is 1.98. The van der Waals surface area contributed by atoms with E-state index in [0.29, 0.717) is 5.16 Å². The second-order valence-electron chi connectivity index (χ2n) is 5.92. The third kappa shape index (κ3) is 5.78. The Hall–Kier alpha value is -0.676. The number of aromatic nitrogens is 4. The topological polar surface area (TPSA) is 69.9 Å². The first kappa shape index (κ1) is 15.4. The highest BCUT2D eigenvalue weighted by atomic mass is 32.4. The van der Waals surface area contributed by atoms with Crippen molar-refractivity contribution in [3.8, 4) is 0 Å². The maximum absolute atomic E-state index is 11.7. The SMILES string of the molecule is C[Si](C)(C)OC(=O)Cn1nnnc1S[Si](C)(C)C. The third-order valence-electron chi connectivity index (χ3n) is 1.60. The van der Waals surface area contributed by atoms with E-state index in [1.807, 2.05) is 19.6 Å². The fourth-order valence-corrected chi connectivity index (χ4v) is 4.80. The standard InChI is InChI=1S/C9H20N4O2SSi2/c1-17(2,3)15-8(14)7-13-9(10-11-12-13)16-18(4,5)6/h7H2,1-6H3. The molecule has 1 aromatic rings. The summed E-state index contributed by atoms with van der Waals surface area (Å²) in [4.78, 5) is 11.7. The summed E-state index contributed by atoms with van der Waals surface area (Å²) >= 11 is 1.66. The third-order valence-corrected chi connectivity index (χ3v) is 5.91. The van der Waals surface area contributed by atoms with Crippen molar-refractivity contribution in [2.45, 2.75) is 51.0 Å². The molecule has 0 aromatic carbocycles. The first-order valence-electron chi connectivity index (χ1n) is 5.74. The summed E-state index contributed by atoms with van der Waals surface area (Å²) < 4.78 is 6.90. The van der Waals surface area contributed by atoms with Gasteiger partial charge in [0.2, 0.25) is 13.5 Å². The van der Waals surface area contributed by atoms with Crippen molar-refractivity contribution < 1.29 is 9.22 Å². The lowest BCUT2D eigenvalue weighted by molar-refractivity contribution is -0.136. The maximum atomic E-state index is 11.7. The fourth-order valence-electron chi connectivity index (χ4n) is 1.14. The molecule has 0 fully saturated rings. The molecule has 0 saturated carbocycles. The predicted molar refractivity (Wildman–Crippen MR) is 76.5 cm³/mol. The zero-order chi connectivity index (χ0) is 14.0. The Morgan fingerprint density at radius 2 is 1.89 bits per heavy atom. The Bertz CT molecular complexity index is 425. The minimum Gasteiger partial charge on any atom is -0.519 e. The highest BCUT2D eigenvalue weighted by molar-refractivity contribution is 8.28. The highest BCUT2D eigenvalue weighted by Crippen LogP contribution is 2.26. The van der Waals surface area contributed by atoms with Crippen LogP contribution in [0.1, 0.15) is 0 Å². The molecule has 102 valence electrons. The van der Waals surface area contributed by atoms with Gasteiger partial charge in [0.1, 0.15) is 13.8 Å². The Morgan fingerprint density at radius 1 is 1.28 bits per heavy atom. The Morgan fingerprint density at radius 3 is 2.39 bits per heavy atom. The van der Waals surface area contributed by atoms with Crippen LogP contribution in [0.5, 0.6) is 0 Å². The van der Waals surface area contributed by atoms with Gasteiger partial charge in [-0.15, -0.1) is 16.3 Å². The van der Waals surface area contributed by atoms with Gasteiger partial charge in [0.15, 0.2) is 0 Å². The van der Waals surface area contributed by atoms with Crippen LogP contribution in [0.15, 0.2) is 5.16 Å². The van der Waals surface area contributed by atoms with Crippen LogP contribution in [0.25, 0.3) is 0 Å². The summed E-state index contributed by atoms with van der Waals surface area (Å²) in [6.07, 6.45) is 0. The maximum Gasteiger partial charge on any atom is 0.314 e. The highest BCUT2D eigenvalue weighted by Gasteiger charge is 2.23. The number of nitrogens with zero attached hydrogens (tertiary/aromatic N) is 4. The van der Waals surface area contributed by atoms with E-state index in [1.165, 1.54) is 4.68 Å². The molecule has 0 radical (unpaired) electrons. The average Bonchev–Trinajstić information content (AvgIpc) is 2.45. The van der Waals surface area contributed by atoms with Crippen molar-refractivity contribution in [3.05, 3.63) is 0 Å². The molecule has 1 rings (SSSR count). The van der Waals surface area contributed by atoms with Gasteiger partial charge in [0, 0.05) is 0 Å². The summed E-state index contributed by atoms with van der Waals surface area (Å²) in [6.45, 7) is 12.6. The van der Waals surface area contributed by atoms with Gasteiger partial charge in [-0.2, -0.15) is 0 Å². The van der Waals surface area contributed by atoms with Crippen molar-refractivity contribution in [1.29, 1.82) is 0 Å². The molecule has 0 aliphatic carbocycles. The minimum absolute atomic E-state index is 0.0874. The van der Waals surface area contributed by atoms with E-state index in [2.05, 4.69) is 35.2 Å². The summed E-state index contributed by atoms with van der Waals surface area (Å²) in [5.41, 5.74) is 0. The summed E-state index contributed by atoms with van der Waals surface area (Å²) in [6, 6.07) is 0. The molecular formula is C9H20N4O2SSi2. The molecule has 0 aliphatic rings. The first-order valence-corrected chi connectivity index (χ1v) is 14.2. The second kappa shape index (κ2) is 5.53. The fraction of sp³-hybridized carbons (Fsp3) is 0.778. The number of carbonyl (C=O) groups excluding carboxylic acids is 1. The molecular weight excluding hydrogens is 284 g/mol. The lowest BCUT2D eigenvalue weighted by Crippen LogP contribution is -2.31. The summed E-state index contributed by atoms with van der Waals surface area (Å²) in [7, 11) is -3.23. The number of carbonyl (C=O) groups is 1. The second-order valence-corrected chi connectivity index (χ2v) is 19.4. The molecule has 0 N–H and O–H groups in total. The lowest BCUT2D eigenvalue weighted by atomic mass is 10.7. The van der Waals surface area contributed by atoms with Crippen molar-refractivity contribution >= 4 is 32.7 Å². The number of rotatable bonds is 5. The van der Waals surface area contributed by atoms with Crippen molar-refractivity contribution in [1.82, 2.24) is 20.2 Å². The van der Waals surface area contributed by atoms with Crippen LogP contribution in [0.4, 0.5) is 0 Å². The quantitative estimate of drug-likeness (QED) is 0.775. The van der Waals surface area contributed by atoms with Crippen LogP contribution in [-0.4, -0.2) is 41.7 Å². The molecule has 9 heteroatoms. The van der Waals surface area contributed by atoms with E-state index < -0.39 is 15.5 Å². The number of hydrogen-bond donors (Lipinski definition) is 0. The van der Waals surface area contributed by atoms with Crippen LogP contribution in [-0.2, 0) is 15.8 Å². The molecule has 1 heterocycles. The average molecular weight is 305 g/mol. The first-order chi connectivity index (χ1) is 8.07.